The third-order valence-corrected chi connectivity index (χ3v) is 4.17. The van der Waals surface area contributed by atoms with E-state index in [1.807, 2.05) is 0 Å². The zero-order valence-corrected chi connectivity index (χ0v) is 13.5. The van der Waals surface area contributed by atoms with E-state index < -0.39 is 11.7 Å². The molecule has 1 aliphatic heterocycles. The lowest BCUT2D eigenvalue weighted by atomic mass is 10.2. The van der Waals surface area contributed by atoms with E-state index in [2.05, 4.69) is 19.8 Å². The molecule has 0 amide bonds. The van der Waals surface area contributed by atoms with Crippen LogP contribution in [0, 0.1) is 5.82 Å². The Morgan fingerprint density at radius 3 is 2.16 bits per heavy atom. The minimum Gasteiger partial charge on any atom is -0.296 e. The number of pyridine rings is 2. The highest BCUT2D eigenvalue weighted by atomic mass is 19.4. The smallest absolute Gasteiger partial charge is 0.296 e. The van der Waals surface area contributed by atoms with Crippen LogP contribution in [0.25, 0.3) is 0 Å². The molecule has 25 heavy (non-hydrogen) atoms. The van der Waals surface area contributed by atoms with Crippen LogP contribution in [0.15, 0.2) is 36.8 Å². The molecule has 0 aromatic carbocycles. The predicted molar refractivity (Wildman–Crippen MR) is 84.0 cm³/mol. The first-order chi connectivity index (χ1) is 11.9. The number of rotatable bonds is 4. The Kier molecular flexibility index (Phi) is 5.29. The zero-order valence-electron chi connectivity index (χ0n) is 13.5. The molecule has 1 aliphatic rings. The summed E-state index contributed by atoms with van der Waals surface area (Å²) in [5.74, 6) is -0.343. The number of piperazine rings is 1. The highest BCUT2D eigenvalue weighted by Crippen LogP contribution is 2.28. The Morgan fingerprint density at radius 1 is 0.920 bits per heavy atom. The number of hydrogen-bond acceptors (Lipinski definition) is 4. The van der Waals surface area contributed by atoms with Gasteiger partial charge in [0.05, 0.1) is 17.5 Å². The largest absolute Gasteiger partial charge is 0.417 e. The molecule has 0 atom stereocenters. The van der Waals surface area contributed by atoms with Crippen LogP contribution in [0.5, 0.6) is 0 Å². The summed E-state index contributed by atoms with van der Waals surface area (Å²) >= 11 is 0. The van der Waals surface area contributed by atoms with Crippen LogP contribution in [0.2, 0.25) is 0 Å². The van der Waals surface area contributed by atoms with Crippen LogP contribution < -0.4 is 0 Å². The van der Waals surface area contributed by atoms with Crippen LogP contribution in [0.4, 0.5) is 17.6 Å². The maximum Gasteiger partial charge on any atom is 0.417 e. The Labute approximate surface area is 143 Å². The molecular formula is C17H18F4N4. The molecule has 0 bridgehead atoms. The molecule has 2 aromatic heterocycles. The Morgan fingerprint density at radius 2 is 1.60 bits per heavy atom. The van der Waals surface area contributed by atoms with Gasteiger partial charge in [0.1, 0.15) is 5.82 Å². The lowest BCUT2D eigenvalue weighted by Crippen LogP contribution is -2.45. The number of hydrogen-bond donors (Lipinski definition) is 0. The molecule has 0 unspecified atom stereocenters. The van der Waals surface area contributed by atoms with Crippen LogP contribution in [-0.4, -0.2) is 45.9 Å². The van der Waals surface area contributed by atoms with Crippen LogP contribution in [0.3, 0.4) is 0 Å². The maximum atomic E-state index is 13.2. The fourth-order valence-corrected chi connectivity index (χ4v) is 2.82. The molecule has 4 nitrogen and oxygen atoms in total. The zero-order chi connectivity index (χ0) is 17.9. The molecule has 1 fully saturated rings. The summed E-state index contributed by atoms with van der Waals surface area (Å²) in [5.41, 5.74) is 0.721. The van der Waals surface area contributed by atoms with Gasteiger partial charge in [0.2, 0.25) is 0 Å². The van der Waals surface area contributed by atoms with Gasteiger partial charge in [-0.25, -0.2) is 4.39 Å². The summed E-state index contributed by atoms with van der Waals surface area (Å²) in [6.45, 7) is 4.33. The van der Waals surface area contributed by atoms with Gasteiger partial charge in [-0.3, -0.25) is 19.8 Å². The Hall–Kier alpha value is -2.06. The monoisotopic (exact) mass is 354 g/mol. The van der Waals surface area contributed by atoms with Crippen molar-refractivity contribution < 1.29 is 17.6 Å². The second-order valence-corrected chi connectivity index (χ2v) is 6.10. The van der Waals surface area contributed by atoms with Crippen molar-refractivity contribution in [2.24, 2.45) is 0 Å². The average molecular weight is 354 g/mol. The van der Waals surface area contributed by atoms with E-state index in [-0.39, 0.29) is 5.82 Å². The van der Waals surface area contributed by atoms with Gasteiger partial charge in [-0.2, -0.15) is 13.2 Å². The van der Waals surface area contributed by atoms with Crippen LogP contribution in [0.1, 0.15) is 16.8 Å². The highest BCUT2D eigenvalue weighted by Gasteiger charge is 2.30. The second kappa shape index (κ2) is 7.45. The van der Waals surface area contributed by atoms with Gasteiger partial charge < -0.3 is 0 Å². The van der Waals surface area contributed by atoms with E-state index in [0.717, 1.165) is 44.0 Å². The molecule has 0 saturated carbocycles. The van der Waals surface area contributed by atoms with Crippen molar-refractivity contribution in [1.82, 2.24) is 19.8 Å². The van der Waals surface area contributed by atoms with Crippen LogP contribution in [-0.2, 0) is 19.3 Å². The number of aromatic nitrogens is 2. The van der Waals surface area contributed by atoms with Crippen LogP contribution >= 0.6 is 0 Å². The molecule has 2 aromatic rings. The summed E-state index contributed by atoms with van der Waals surface area (Å²) in [7, 11) is 0. The third-order valence-electron chi connectivity index (χ3n) is 4.17. The molecule has 0 spiro atoms. The maximum absolute atomic E-state index is 13.2. The SMILES string of the molecule is Fc1cncc(CN2CCN(Cc3ccc(C(F)(F)F)cn3)CC2)c1. The van der Waals surface area contributed by atoms with E-state index in [4.69, 9.17) is 0 Å². The highest BCUT2D eigenvalue weighted by molar-refractivity contribution is 5.17. The normalized spacial score (nSPS) is 17.0. The molecule has 134 valence electrons. The summed E-state index contributed by atoms with van der Waals surface area (Å²) < 4.78 is 50.8. The molecule has 1 saturated heterocycles. The van der Waals surface area contributed by atoms with Crippen molar-refractivity contribution in [3.05, 3.63) is 59.4 Å². The van der Waals surface area contributed by atoms with E-state index >= 15 is 0 Å². The minimum atomic E-state index is -4.36. The van der Waals surface area contributed by atoms with Gasteiger partial charge in [0.15, 0.2) is 0 Å². The van der Waals surface area contributed by atoms with Crippen molar-refractivity contribution in [3.8, 4) is 0 Å². The first-order valence-electron chi connectivity index (χ1n) is 7.96. The van der Waals surface area contributed by atoms with Crippen molar-refractivity contribution in [2.45, 2.75) is 19.3 Å². The quantitative estimate of drug-likeness (QED) is 0.791. The first-order valence-corrected chi connectivity index (χ1v) is 7.96. The van der Waals surface area contributed by atoms with E-state index in [1.54, 1.807) is 6.20 Å². The molecule has 3 heterocycles. The van der Waals surface area contributed by atoms with Gasteiger partial charge in [-0.05, 0) is 23.8 Å². The minimum absolute atomic E-state index is 0.343. The molecular weight excluding hydrogens is 336 g/mol. The molecule has 0 N–H and O–H groups in total. The summed E-state index contributed by atoms with van der Waals surface area (Å²) in [5, 5.41) is 0. The van der Waals surface area contributed by atoms with Crippen molar-refractivity contribution in [1.29, 1.82) is 0 Å². The van der Waals surface area contributed by atoms with E-state index in [1.165, 1.54) is 18.3 Å². The number of halogens is 4. The van der Waals surface area contributed by atoms with Gasteiger partial charge in [-0.1, -0.05) is 0 Å². The summed E-state index contributed by atoms with van der Waals surface area (Å²) in [6.07, 6.45) is -0.647. The van der Waals surface area contributed by atoms with Crippen molar-refractivity contribution in [2.75, 3.05) is 26.2 Å². The molecule has 0 aliphatic carbocycles. The standard InChI is InChI=1S/C17H18F4N4/c18-15-7-13(8-22-10-15)11-24-3-5-25(6-4-24)12-16-2-1-14(9-23-16)17(19,20)21/h1-2,7-10H,3-6,11-12H2. The average Bonchev–Trinajstić information content (AvgIpc) is 2.56. The van der Waals surface area contributed by atoms with E-state index in [0.29, 0.717) is 18.8 Å². The topological polar surface area (TPSA) is 32.3 Å². The third kappa shape index (κ3) is 4.96. The van der Waals surface area contributed by atoms with Gasteiger partial charge >= 0.3 is 6.18 Å². The summed E-state index contributed by atoms with van der Waals surface area (Å²) in [6, 6.07) is 3.97. The fourth-order valence-electron chi connectivity index (χ4n) is 2.82. The predicted octanol–water partition coefficient (Wildman–Crippen LogP) is 2.95. The lowest BCUT2D eigenvalue weighted by molar-refractivity contribution is -0.137. The lowest BCUT2D eigenvalue weighted by Gasteiger charge is -2.34. The number of alkyl halides is 3. The van der Waals surface area contributed by atoms with Gasteiger partial charge in [-0.15, -0.1) is 0 Å². The molecule has 0 radical (unpaired) electrons. The molecule has 8 heteroatoms. The van der Waals surface area contributed by atoms with Crippen molar-refractivity contribution >= 4 is 0 Å². The number of nitrogens with zero attached hydrogens (tertiary/aromatic N) is 4. The second-order valence-electron chi connectivity index (χ2n) is 6.10. The van der Waals surface area contributed by atoms with E-state index in [9.17, 15) is 17.6 Å². The van der Waals surface area contributed by atoms with Crippen molar-refractivity contribution in [3.63, 3.8) is 0 Å². The summed E-state index contributed by atoms with van der Waals surface area (Å²) in [4.78, 5) is 12.1. The Bertz CT molecular complexity index is 695. The Balaban J connectivity index is 1.49. The molecule has 3 rings (SSSR count). The fraction of sp³-hybridized carbons (Fsp3) is 0.412. The van der Waals surface area contributed by atoms with Gasteiger partial charge in [0, 0.05) is 51.7 Å². The first kappa shape index (κ1) is 17.8. The van der Waals surface area contributed by atoms with Gasteiger partial charge in [0.25, 0.3) is 0 Å².